The molecular weight excluding hydrogens is 397 g/mol. The Kier molecular flexibility index (Phi) is 6.87. The lowest BCUT2D eigenvalue weighted by molar-refractivity contribution is -0.137. The monoisotopic (exact) mass is 422 g/mol. The van der Waals surface area contributed by atoms with Crippen molar-refractivity contribution in [3.8, 4) is 11.5 Å². The van der Waals surface area contributed by atoms with Crippen molar-refractivity contribution in [1.29, 1.82) is 0 Å². The van der Waals surface area contributed by atoms with Crippen LogP contribution in [0.4, 0.5) is 18.9 Å². The van der Waals surface area contributed by atoms with E-state index >= 15 is 0 Å². The van der Waals surface area contributed by atoms with E-state index in [1.165, 1.54) is 13.2 Å². The zero-order valence-corrected chi connectivity index (χ0v) is 17.0. The maximum absolute atomic E-state index is 13.0. The Labute approximate surface area is 173 Å². The molecule has 1 fully saturated rings. The highest BCUT2D eigenvalue weighted by Crippen LogP contribution is 2.38. The fraction of sp³-hybridized carbons (Fsp3) is 0.409. The highest BCUT2D eigenvalue weighted by molar-refractivity contribution is 6.00. The normalized spacial score (nSPS) is 16.8. The van der Waals surface area contributed by atoms with Crippen molar-refractivity contribution < 1.29 is 27.4 Å². The summed E-state index contributed by atoms with van der Waals surface area (Å²) in [4.78, 5) is 14.6. The van der Waals surface area contributed by atoms with Gasteiger partial charge in [-0.2, -0.15) is 13.2 Å². The maximum atomic E-state index is 13.0. The molecular formula is C22H25F3N2O3. The SMILES string of the molecule is CCNCCOc1cc(N2CCC(c3cccc(C(F)(F)F)c3)C2=O)ccc1OC. The molecule has 1 heterocycles. The summed E-state index contributed by atoms with van der Waals surface area (Å²) in [5.74, 6) is 0.241. The van der Waals surface area contributed by atoms with E-state index in [2.05, 4.69) is 5.32 Å². The molecule has 8 heteroatoms. The van der Waals surface area contributed by atoms with Gasteiger partial charge < -0.3 is 19.7 Å². The number of amides is 1. The molecule has 1 amide bonds. The van der Waals surface area contributed by atoms with E-state index in [1.807, 2.05) is 6.92 Å². The quantitative estimate of drug-likeness (QED) is 0.647. The van der Waals surface area contributed by atoms with Gasteiger partial charge in [0.15, 0.2) is 11.5 Å². The van der Waals surface area contributed by atoms with Crippen molar-refractivity contribution >= 4 is 11.6 Å². The second-order valence-corrected chi connectivity index (χ2v) is 6.99. The average Bonchev–Trinajstić information content (AvgIpc) is 3.12. The lowest BCUT2D eigenvalue weighted by Gasteiger charge is -2.20. The van der Waals surface area contributed by atoms with E-state index in [9.17, 15) is 18.0 Å². The Morgan fingerprint density at radius 3 is 2.67 bits per heavy atom. The van der Waals surface area contributed by atoms with Crippen molar-refractivity contribution in [2.24, 2.45) is 0 Å². The molecule has 30 heavy (non-hydrogen) atoms. The van der Waals surface area contributed by atoms with Crippen molar-refractivity contribution in [2.45, 2.75) is 25.4 Å². The molecule has 3 rings (SSSR count). The Bertz CT molecular complexity index is 886. The number of ether oxygens (including phenoxy) is 2. The van der Waals surface area contributed by atoms with Crippen LogP contribution < -0.4 is 19.7 Å². The van der Waals surface area contributed by atoms with Gasteiger partial charge in [0, 0.05) is 24.8 Å². The van der Waals surface area contributed by atoms with Gasteiger partial charge in [-0.05, 0) is 36.7 Å². The summed E-state index contributed by atoms with van der Waals surface area (Å²) in [7, 11) is 1.54. The molecule has 0 aliphatic carbocycles. The predicted molar refractivity (Wildman–Crippen MR) is 108 cm³/mol. The van der Waals surface area contributed by atoms with Gasteiger partial charge in [0.2, 0.25) is 5.91 Å². The third kappa shape index (κ3) is 4.87. The molecule has 5 nitrogen and oxygen atoms in total. The van der Waals surface area contributed by atoms with Crippen LogP contribution >= 0.6 is 0 Å². The number of carbonyl (C=O) groups excluding carboxylic acids is 1. The Morgan fingerprint density at radius 1 is 1.17 bits per heavy atom. The molecule has 1 aliphatic rings. The van der Waals surface area contributed by atoms with Crippen LogP contribution in [0.25, 0.3) is 0 Å². The molecule has 0 radical (unpaired) electrons. The zero-order chi connectivity index (χ0) is 21.7. The first-order chi connectivity index (χ1) is 14.3. The minimum Gasteiger partial charge on any atom is -0.493 e. The van der Waals surface area contributed by atoms with E-state index in [1.54, 1.807) is 29.2 Å². The molecule has 1 N–H and O–H groups in total. The third-order valence-corrected chi connectivity index (χ3v) is 5.07. The van der Waals surface area contributed by atoms with Crippen molar-refractivity contribution in [2.75, 3.05) is 38.3 Å². The van der Waals surface area contributed by atoms with Crippen LogP contribution in [-0.4, -0.2) is 39.3 Å². The number of nitrogens with zero attached hydrogens (tertiary/aromatic N) is 1. The first-order valence-electron chi connectivity index (χ1n) is 9.85. The van der Waals surface area contributed by atoms with Crippen LogP contribution in [0.5, 0.6) is 11.5 Å². The number of anilines is 1. The van der Waals surface area contributed by atoms with E-state index in [0.717, 1.165) is 18.7 Å². The molecule has 0 aromatic heterocycles. The fourth-order valence-electron chi connectivity index (χ4n) is 3.53. The maximum Gasteiger partial charge on any atom is 0.416 e. The fourth-order valence-corrected chi connectivity index (χ4v) is 3.53. The van der Waals surface area contributed by atoms with Crippen LogP contribution in [0.1, 0.15) is 30.4 Å². The van der Waals surface area contributed by atoms with Gasteiger partial charge in [0.1, 0.15) is 6.61 Å². The Morgan fingerprint density at radius 2 is 1.97 bits per heavy atom. The van der Waals surface area contributed by atoms with Crippen molar-refractivity contribution in [3.05, 3.63) is 53.6 Å². The molecule has 1 saturated heterocycles. The Balaban J connectivity index is 1.78. The van der Waals surface area contributed by atoms with Crippen LogP contribution in [0, 0.1) is 0 Å². The second kappa shape index (κ2) is 9.38. The summed E-state index contributed by atoms with van der Waals surface area (Å²) in [6, 6.07) is 10.2. The standard InChI is InChI=1S/C22H25F3N2O3/c1-3-26-10-12-30-20-14-17(7-8-19(20)29-2)27-11-9-18(21(27)28)15-5-4-6-16(13-15)22(23,24)25/h4-8,13-14,18,26H,3,9-12H2,1-2H3. The highest BCUT2D eigenvalue weighted by atomic mass is 19.4. The van der Waals surface area contributed by atoms with Gasteiger partial charge in [-0.25, -0.2) is 0 Å². The topological polar surface area (TPSA) is 50.8 Å². The molecule has 1 atom stereocenters. The van der Waals surface area contributed by atoms with Crippen molar-refractivity contribution in [1.82, 2.24) is 5.32 Å². The van der Waals surface area contributed by atoms with E-state index in [0.29, 0.717) is 48.9 Å². The first-order valence-corrected chi connectivity index (χ1v) is 9.85. The number of nitrogens with one attached hydrogen (secondary N) is 1. The first kappa shape index (κ1) is 22.0. The minimum atomic E-state index is -4.44. The van der Waals surface area contributed by atoms with E-state index in [-0.39, 0.29) is 5.91 Å². The highest BCUT2D eigenvalue weighted by Gasteiger charge is 2.36. The van der Waals surface area contributed by atoms with Gasteiger partial charge in [-0.3, -0.25) is 4.79 Å². The number of likely N-dealkylation sites (N-methyl/N-ethyl adjacent to an activating group) is 1. The summed E-state index contributed by atoms with van der Waals surface area (Å²) in [5, 5.41) is 3.16. The number of hydrogen-bond acceptors (Lipinski definition) is 4. The molecule has 0 spiro atoms. The number of rotatable bonds is 8. The van der Waals surface area contributed by atoms with Gasteiger partial charge >= 0.3 is 6.18 Å². The van der Waals surface area contributed by atoms with E-state index < -0.39 is 17.7 Å². The van der Waals surface area contributed by atoms with Crippen LogP contribution in [0.2, 0.25) is 0 Å². The third-order valence-electron chi connectivity index (χ3n) is 5.07. The summed E-state index contributed by atoms with van der Waals surface area (Å²) in [6.07, 6.45) is -3.99. The lowest BCUT2D eigenvalue weighted by atomic mass is 9.96. The number of hydrogen-bond donors (Lipinski definition) is 1. The van der Waals surface area contributed by atoms with Gasteiger partial charge in [-0.15, -0.1) is 0 Å². The number of alkyl halides is 3. The molecule has 1 aliphatic heterocycles. The van der Waals surface area contributed by atoms with Gasteiger partial charge in [0.05, 0.1) is 18.6 Å². The summed E-state index contributed by atoms with van der Waals surface area (Å²) >= 11 is 0. The van der Waals surface area contributed by atoms with E-state index in [4.69, 9.17) is 9.47 Å². The number of benzene rings is 2. The molecule has 0 saturated carbocycles. The van der Waals surface area contributed by atoms with Crippen molar-refractivity contribution in [3.63, 3.8) is 0 Å². The number of methoxy groups -OCH3 is 1. The van der Waals surface area contributed by atoms with Crippen LogP contribution in [0.15, 0.2) is 42.5 Å². The zero-order valence-electron chi connectivity index (χ0n) is 17.0. The largest absolute Gasteiger partial charge is 0.493 e. The van der Waals surface area contributed by atoms with Gasteiger partial charge in [0.25, 0.3) is 0 Å². The Hall–Kier alpha value is -2.74. The smallest absolute Gasteiger partial charge is 0.416 e. The predicted octanol–water partition coefficient (Wildman–Crippen LogP) is 4.22. The number of halogens is 3. The summed E-state index contributed by atoms with van der Waals surface area (Å²) in [5.41, 5.74) is 0.272. The summed E-state index contributed by atoms with van der Waals surface area (Å²) in [6.45, 7) is 4.36. The molecule has 1 unspecified atom stereocenters. The molecule has 2 aromatic rings. The van der Waals surface area contributed by atoms with Gasteiger partial charge in [-0.1, -0.05) is 25.1 Å². The lowest BCUT2D eigenvalue weighted by Crippen LogP contribution is -2.26. The molecule has 2 aromatic carbocycles. The molecule has 0 bridgehead atoms. The minimum absolute atomic E-state index is 0.224. The average molecular weight is 422 g/mol. The summed E-state index contributed by atoms with van der Waals surface area (Å²) < 4.78 is 50.2. The second-order valence-electron chi connectivity index (χ2n) is 6.99. The van der Waals surface area contributed by atoms with Crippen LogP contribution in [-0.2, 0) is 11.0 Å². The number of carbonyl (C=O) groups is 1. The van der Waals surface area contributed by atoms with Crippen LogP contribution in [0.3, 0.4) is 0 Å². The molecule has 162 valence electrons.